The van der Waals surface area contributed by atoms with E-state index in [4.69, 9.17) is 15.2 Å². The smallest absolute Gasteiger partial charge is 0.157 e. The summed E-state index contributed by atoms with van der Waals surface area (Å²) in [5, 5.41) is 0. The minimum atomic E-state index is 0.00373. The number of methoxy groups -OCH3 is 1. The zero-order valence-electron chi connectivity index (χ0n) is 12.9. The number of nitrogens with two attached hydrogens (primary N) is 1. The largest absolute Gasteiger partial charge is 0.356 e. The lowest BCUT2D eigenvalue weighted by atomic mass is 9.84. The second-order valence-electron chi connectivity index (χ2n) is 5.18. The Hall–Kier alpha value is -0.120. The Bertz CT molecular complexity index is 185. The molecule has 0 spiro atoms. The first-order chi connectivity index (χ1) is 8.67. The van der Waals surface area contributed by atoms with Crippen LogP contribution in [0, 0.1) is 11.8 Å². The molecule has 0 saturated carbocycles. The van der Waals surface area contributed by atoms with Gasteiger partial charge in [-0.05, 0) is 44.1 Å². The number of ether oxygens (including phenoxy) is 2. The first-order valence-electron chi connectivity index (χ1n) is 7.55. The summed E-state index contributed by atoms with van der Waals surface area (Å²) in [5.74, 6) is 1.46. The van der Waals surface area contributed by atoms with Crippen LogP contribution in [0.3, 0.4) is 0 Å². The molecular weight excluding hydrogens is 226 g/mol. The molecule has 3 atom stereocenters. The highest BCUT2D eigenvalue weighted by Gasteiger charge is 2.30. The van der Waals surface area contributed by atoms with Crippen LogP contribution in [0.15, 0.2) is 0 Å². The third-order valence-corrected chi connectivity index (χ3v) is 3.59. The van der Waals surface area contributed by atoms with Crippen LogP contribution in [0.5, 0.6) is 0 Å². The van der Waals surface area contributed by atoms with E-state index in [1.165, 1.54) is 12.8 Å². The Kier molecular flexibility index (Phi) is 10.7. The molecule has 2 N–H and O–H groups in total. The molecule has 1 aliphatic rings. The van der Waals surface area contributed by atoms with E-state index in [0.29, 0.717) is 6.10 Å². The Morgan fingerprint density at radius 2 is 1.89 bits per heavy atom. The summed E-state index contributed by atoms with van der Waals surface area (Å²) in [6.07, 6.45) is 6.00. The molecule has 1 aliphatic heterocycles. The minimum Gasteiger partial charge on any atom is -0.356 e. The predicted octanol–water partition coefficient (Wildman–Crippen LogP) is 3.57. The topological polar surface area (TPSA) is 44.5 Å². The number of rotatable bonds is 6. The lowest BCUT2D eigenvalue weighted by Crippen LogP contribution is -2.35. The second-order valence-corrected chi connectivity index (χ2v) is 5.18. The molecule has 1 rings (SSSR count). The van der Waals surface area contributed by atoms with Crippen LogP contribution in [-0.2, 0) is 9.47 Å². The molecule has 3 unspecified atom stereocenters. The zero-order chi connectivity index (χ0) is 14.0. The fraction of sp³-hybridized carbons (Fsp3) is 1.00. The molecule has 0 aromatic carbocycles. The van der Waals surface area contributed by atoms with Gasteiger partial charge in [0.15, 0.2) is 6.29 Å². The number of hydrogen-bond acceptors (Lipinski definition) is 3. The summed E-state index contributed by atoms with van der Waals surface area (Å²) < 4.78 is 11.3. The van der Waals surface area contributed by atoms with Crippen molar-refractivity contribution in [1.82, 2.24) is 0 Å². The summed E-state index contributed by atoms with van der Waals surface area (Å²) in [4.78, 5) is 0. The van der Waals surface area contributed by atoms with E-state index in [1.54, 1.807) is 7.11 Å². The SMILES string of the molecule is CC.COC1CC(C(C)C)CC(CCCCN)O1. The van der Waals surface area contributed by atoms with Crippen molar-refractivity contribution in [2.75, 3.05) is 13.7 Å². The Morgan fingerprint density at radius 3 is 2.39 bits per heavy atom. The maximum absolute atomic E-state index is 5.90. The van der Waals surface area contributed by atoms with Crippen molar-refractivity contribution in [1.29, 1.82) is 0 Å². The van der Waals surface area contributed by atoms with Crippen molar-refractivity contribution in [3.8, 4) is 0 Å². The summed E-state index contributed by atoms with van der Waals surface area (Å²) in [5.41, 5.74) is 5.51. The van der Waals surface area contributed by atoms with Crippen LogP contribution in [-0.4, -0.2) is 26.0 Å². The molecule has 1 heterocycles. The van der Waals surface area contributed by atoms with Crippen molar-refractivity contribution >= 4 is 0 Å². The molecule has 3 nitrogen and oxygen atoms in total. The van der Waals surface area contributed by atoms with Crippen molar-refractivity contribution in [3.63, 3.8) is 0 Å². The molecule has 0 aliphatic carbocycles. The van der Waals surface area contributed by atoms with Crippen molar-refractivity contribution in [2.24, 2.45) is 17.6 Å². The Morgan fingerprint density at radius 1 is 1.22 bits per heavy atom. The van der Waals surface area contributed by atoms with Crippen LogP contribution < -0.4 is 5.73 Å². The van der Waals surface area contributed by atoms with Crippen LogP contribution in [0.2, 0.25) is 0 Å². The summed E-state index contributed by atoms with van der Waals surface area (Å²) in [6.45, 7) is 9.37. The van der Waals surface area contributed by atoms with E-state index >= 15 is 0 Å². The quantitative estimate of drug-likeness (QED) is 0.742. The fourth-order valence-electron chi connectivity index (χ4n) is 2.41. The predicted molar refractivity (Wildman–Crippen MR) is 77.5 cm³/mol. The molecular formula is C15H33NO2. The van der Waals surface area contributed by atoms with E-state index in [2.05, 4.69) is 13.8 Å². The number of unbranched alkanes of at least 4 members (excludes halogenated alkanes) is 1. The lowest BCUT2D eigenvalue weighted by Gasteiger charge is -2.36. The third-order valence-electron chi connectivity index (χ3n) is 3.59. The zero-order valence-corrected chi connectivity index (χ0v) is 12.9. The fourth-order valence-corrected chi connectivity index (χ4v) is 2.41. The Balaban J connectivity index is 0.00000137. The molecule has 3 heteroatoms. The van der Waals surface area contributed by atoms with Crippen LogP contribution in [0.1, 0.15) is 59.8 Å². The van der Waals surface area contributed by atoms with Gasteiger partial charge in [0, 0.05) is 13.5 Å². The molecule has 18 heavy (non-hydrogen) atoms. The molecule has 0 aromatic rings. The van der Waals surface area contributed by atoms with Gasteiger partial charge in [0.05, 0.1) is 6.10 Å². The summed E-state index contributed by atoms with van der Waals surface area (Å²) >= 11 is 0. The summed E-state index contributed by atoms with van der Waals surface area (Å²) in [6, 6.07) is 0. The average Bonchev–Trinajstić information content (AvgIpc) is 2.41. The van der Waals surface area contributed by atoms with Crippen molar-refractivity contribution in [2.45, 2.75) is 72.2 Å². The van der Waals surface area contributed by atoms with Gasteiger partial charge in [-0.2, -0.15) is 0 Å². The Labute approximate surface area is 113 Å². The maximum Gasteiger partial charge on any atom is 0.157 e. The van der Waals surface area contributed by atoms with E-state index in [-0.39, 0.29) is 6.29 Å². The standard InChI is InChI=1S/C13H27NO2.C2H6/c1-10(2)11-8-12(6-4-5-7-14)16-13(9-11)15-3;1-2/h10-13H,4-9,14H2,1-3H3;1-2H3. The normalized spacial score (nSPS) is 27.8. The third kappa shape index (κ3) is 6.72. The van der Waals surface area contributed by atoms with Crippen molar-refractivity contribution < 1.29 is 9.47 Å². The van der Waals surface area contributed by atoms with Crippen LogP contribution in [0.4, 0.5) is 0 Å². The van der Waals surface area contributed by atoms with E-state index in [0.717, 1.165) is 37.6 Å². The van der Waals surface area contributed by atoms with E-state index in [1.807, 2.05) is 13.8 Å². The van der Waals surface area contributed by atoms with Gasteiger partial charge in [-0.15, -0.1) is 0 Å². The highest BCUT2D eigenvalue weighted by Crippen LogP contribution is 2.32. The molecule has 0 bridgehead atoms. The van der Waals surface area contributed by atoms with Gasteiger partial charge in [0.1, 0.15) is 0 Å². The highest BCUT2D eigenvalue weighted by molar-refractivity contribution is 4.76. The molecule has 0 amide bonds. The van der Waals surface area contributed by atoms with E-state index < -0.39 is 0 Å². The summed E-state index contributed by atoms with van der Waals surface area (Å²) in [7, 11) is 1.74. The van der Waals surface area contributed by atoms with Gasteiger partial charge in [0.2, 0.25) is 0 Å². The maximum atomic E-state index is 5.90. The lowest BCUT2D eigenvalue weighted by molar-refractivity contribution is -0.198. The van der Waals surface area contributed by atoms with Crippen LogP contribution in [0.25, 0.3) is 0 Å². The molecule has 0 radical (unpaired) electrons. The van der Waals surface area contributed by atoms with Gasteiger partial charge in [-0.25, -0.2) is 0 Å². The minimum absolute atomic E-state index is 0.00373. The number of hydrogen-bond donors (Lipinski definition) is 1. The van der Waals surface area contributed by atoms with Crippen LogP contribution >= 0.6 is 0 Å². The van der Waals surface area contributed by atoms with Gasteiger partial charge in [0.25, 0.3) is 0 Å². The second kappa shape index (κ2) is 10.8. The van der Waals surface area contributed by atoms with Gasteiger partial charge in [-0.1, -0.05) is 27.7 Å². The first-order valence-corrected chi connectivity index (χ1v) is 7.55. The van der Waals surface area contributed by atoms with E-state index in [9.17, 15) is 0 Å². The van der Waals surface area contributed by atoms with Gasteiger partial charge < -0.3 is 15.2 Å². The first kappa shape index (κ1) is 17.9. The molecule has 1 fully saturated rings. The molecule has 110 valence electrons. The monoisotopic (exact) mass is 259 g/mol. The molecule has 1 saturated heterocycles. The highest BCUT2D eigenvalue weighted by atomic mass is 16.7. The van der Waals surface area contributed by atoms with Crippen molar-refractivity contribution in [3.05, 3.63) is 0 Å². The van der Waals surface area contributed by atoms with Gasteiger partial charge >= 0.3 is 0 Å². The molecule has 0 aromatic heterocycles. The average molecular weight is 259 g/mol. The van der Waals surface area contributed by atoms with Gasteiger partial charge in [-0.3, -0.25) is 0 Å².